The van der Waals surface area contributed by atoms with Crippen LogP contribution in [-0.2, 0) is 4.79 Å². The van der Waals surface area contributed by atoms with E-state index in [-0.39, 0.29) is 30.4 Å². The fourth-order valence-corrected chi connectivity index (χ4v) is 3.34. The summed E-state index contributed by atoms with van der Waals surface area (Å²) in [5.74, 6) is -0.280. The van der Waals surface area contributed by atoms with Crippen LogP contribution >= 0.6 is 0 Å². The van der Waals surface area contributed by atoms with Crippen molar-refractivity contribution >= 4 is 23.3 Å². The minimum absolute atomic E-state index is 0.00137. The van der Waals surface area contributed by atoms with E-state index in [1.807, 2.05) is 30.9 Å². The third kappa shape index (κ3) is 4.85. The molecule has 1 heterocycles. The maximum Gasteiger partial charge on any atom is 0.253 e. The number of nitrogens with zero attached hydrogens (tertiary/aromatic N) is 1. The van der Waals surface area contributed by atoms with Crippen LogP contribution in [-0.4, -0.2) is 35.6 Å². The lowest BCUT2D eigenvalue weighted by atomic mass is 10.0. The largest absolute Gasteiger partial charge is 0.339 e. The molecule has 1 fully saturated rings. The smallest absolute Gasteiger partial charge is 0.253 e. The van der Waals surface area contributed by atoms with Gasteiger partial charge in [0, 0.05) is 42.7 Å². The fraction of sp³-hybridized carbons (Fsp3) is 0.348. The molecule has 0 bridgehead atoms. The van der Waals surface area contributed by atoms with Crippen molar-refractivity contribution in [3.8, 4) is 0 Å². The van der Waals surface area contributed by atoms with Crippen LogP contribution in [0.25, 0.3) is 0 Å². The van der Waals surface area contributed by atoms with Crippen LogP contribution in [0.4, 0.5) is 5.69 Å². The molecule has 1 saturated heterocycles. The van der Waals surface area contributed by atoms with Crippen molar-refractivity contribution in [1.82, 2.24) is 4.90 Å². The van der Waals surface area contributed by atoms with Gasteiger partial charge in [-0.1, -0.05) is 18.2 Å². The predicted molar refractivity (Wildman–Crippen MR) is 110 cm³/mol. The number of carbonyl (C=O) groups excluding carboxylic acids is 3. The number of benzene rings is 2. The fourth-order valence-electron chi connectivity index (χ4n) is 3.34. The van der Waals surface area contributed by atoms with Gasteiger partial charge in [-0.3, -0.25) is 14.4 Å². The van der Waals surface area contributed by atoms with E-state index in [1.54, 1.807) is 30.3 Å². The molecule has 0 spiro atoms. The molecule has 3 rings (SSSR count). The summed E-state index contributed by atoms with van der Waals surface area (Å²) in [5, 5.41) is 2.79. The Bertz CT molecular complexity index is 898. The zero-order valence-electron chi connectivity index (χ0n) is 16.5. The molecular weight excluding hydrogens is 352 g/mol. The lowest BCUT2D eigenvalue weighted by Crippen LogP contribution is -2.27. The van der Waals surface area contributed by atoms with Crippen LogP contribution in [0.3, 0.4) is 0 Å². The molecule has 0 atom stereocenters. The lowest BCUT2D eigenvalue weighted by molar-refractivity contribution is -0.116. The molecule has 2 amide bonds. The first kappa shape index (κ1) is 19.8. The van der Waals surface area contributed by atoms with Crippen molar-refractivity contribution in [1.29, 1.82) is 0 Å². The molecule has 1 N–H and O–H groups in total. The van der Waals surface area contributed by atoms with Gasteiger partial charge < -0.3 is 10.2 Å². The molecule has 2 aromatic rings. The van der Waals surface area contributed by atoms with Crippen LogP contribution in [0.2, 0.25) is 0 Å². The standard InChI is InChI=1S/C23H26N2O3/c1-16-8-9-18(14-17(16)2)21(26)10-11-22(27)24-20-7-5-6-19(15-20)23(28)25-12-3-4-13-25/h5-9,14-15H,3-4,10-13H2,1-2H3,(H,24,27). The maximum absolute atomic E-state index is 12.5. The Hall–Kier alpha value is -2.95. The van der Waals surface area contributed by atoms with Crippen LogP contribution in [0, 0.1) is 13.8 Å². The summed E-state index contributed by atoms with van der Waals surface area (Å²) < 4.78 is 0. The number of amides is 2. The molecule has 0 radical (unpaired) electrons. The molecule has 5 nitrogen and oxygen atoms in total. The average Bonchev–Trinajstić information content (AvgIpc) is 3.22. The molecule has 0 aromatic heterocycles. The number of hydrogen-bond acceptors (Lipinski definition) is 3. The van der Waals surface area contributed by atoms with E-state index in [0.29, 0.717) is 16.8 Å². The van der Waals surface area contributed by atoms with Crippen molar-refractivity contribution in [2.75, 3.05) is 18.4 Å². The van der Waals surface area contributed by atoms with Gasteiger partial charge >= 0.3 is 0 Å². The first-order valence-corrected chi connectivity index (χ1v) is 9.73. The Morgan fingerprint density at radius 2 is 1.64 bits per heavy atom. The van der Waals surface area contributed by atoms with Gasteiger partial charge in [0.05, 0.1) is 0 Å². The number of likely N-dealkylation sites (tertiary alicyclic amines) is 1. The van der Waals surface area contributed by atoms with Gasteiger partial charge in [-0.15, -0.1) is 0 Å². The van der Waals surface area contributed by atoms with Gasteiger partial charge in [0.25, 0.3) is 5.91 Å². The summed E-state index contributed by atoms with van der Waals surface area (Å²) in [6, 6.07) is 12.6. The van der Waals surface area contributed by atoms with Gasteiger partial charge in [0.15, 0.2) is 5.78 Å². The molecular formula is C23H26N2O3. The highest BCUT2D eigenvalue weighted by atomic mass is 16.2. The van der Waals surface area contributed by atoms with Crippen molar-refractivity contribution in [3.05, 3.63) is 64.7 Å². The summed E-state index contributed by atoms with van der Waals surface area (Å²) in [5.41, 5.74) is 3.99. The van der Waals surface area contributed by atoms with Crippen LogP contribution in [0.1, 0.15) is 57.5 Å². The number of rotatable bonds is 6. The van der Waals surface area contributed by atoms with E-state index < -0.39 is 0 Å². The zero-order valence-corrected chi connectivity index (χ0v) is 16.5. The van der Waals surface area contributed by atoms with Gasteiger partial charge in [-0.25, -0.2) is 0 Å². The second-order valence-electron chi connectivity index (χ2n) is 7.35. The van der Waals surface area contributed by atoms with Crippen LogP contribution < -0.4 is 5.32 Å². The number of hydrogen-bond donors (Lipinski definition) is 1. The third-order valence-corrected chi connectivity index (χ3v) is 5.19. The SMILES string of the molecule is Cc1ccc(C(=O)CCC(=O)Nc2cccc(C(=O)N3CCCC3)c2)cc1C. The molecule has 28 heavy (non-hydrogen) atoms. The number of Topliss-reactive ketones (excluding diaryl/α,β-unsaturated/α-hetero) is 1. The van der Waals surface area contributed by atoms with Gasteiger partial charge in [-0.2, -0.15) is 0 Å². The first-order chi connectivity index (χ1) is 13.4. The van der Waals surface area contributed by atoms with Crippen molar-refractivity contribution in [2.24, 2.45) is 0 Å². The summed E-state index contributed by atoms with van der Waals surface area (Å²) in [6.45, 7) is 5.54. The quantitative estimate of drug-likeness (QED) is 0.768. The van der Waals surface area contributed by atoms with E-state index in [1.165, 1.54) is 0 Å². The Balaban J connectivity index is 1.55. The maximum atomic E-state index is 12.5. The number of carbonyl (C=O) groups is 3. The Kier molecular flexibility index (Phi) is 6.24. The Morgan fingerprint density at radius 3 is 2.36 bits per heavy atom. The Labute approximate surface area is 165 Å². The molecule has 0 unspecified atom stereocenters. The molecule has 1 aliphatic heterocycles. The zero-order chi connectivity index (χ0) is 20.1. The van der Waals surface area contributed by atoms with E-state index in [4.69, 9.17) is 0 Å². The summed E-state index contributed by atoms with van der Waals surface area (Å²) in [6.07, 6.45) is 2.34. The summed E-state index contributed by atoms with van der Waals surface area (Å²) in [4.78, 5) is 38.9. The predicted octanol–water partition coefficient (Wildman–Crippen LogP) is 4.14. The molecule has 2 aromatic carbocycles. The second kappa shape index (κ2) is 8.83. The van der Waals surface area contributed by atoms with Crippen molar-refractivity contribution in [3.63, 3.8) is 0 Å². The topological polar surface area (TPSA) is 66.5 Å². The summed E-state index contributed by atoms with van der Waals surface area (Å²) in [7, 11) is 0. The van der Waals surface area contributed by atoms with E-state index in [0.717, 1.165) is 37.1 Å². The monoisotopic (exact) mass is 378 g/mol. The number of anilines is 1. The second-order valence-corrected chi connectivity index (χ2v) is 7.35. The number of aryl methyl sites for hydroxylation is 2. The minimum Gasteiger partial charge on any atom is -0.339 e. The van der Waals surface area contributed by atoms with Crippen molar-refractivity contribution in [2.45, 2.75) is 39.5 Å². The Morgan fingerprint density at radius 1 is 0.893 bits per heavy atom. The van der Waals surface area contributed by atoms with Gasteiger partial charge in [0.2, 0.25) is 5.91 Å². The van der Waals surface area contributed by atoms with Crippen LogP contribution in [0.15, 0.2) is 42.5 Å². The molecule has 5 heteroatoms. The molecule has 146 valence electrons. The molecule has 1 aliphatic rings. The lowest BCUT2D eigenvalue weighted by Gasteiger charge is -2.15. The van der Waals surface area contributed by atoms with Crippen molar-refractivity contribution < 1.29 is 14.4 Å². The molecule has 0 saturated carbocycles. The van der Waals surface area contributed by atoms with E-state index in [2.05, 4.69) is 5.32 Å². The minimum atomic E-state index is -0.233. The first-order valence-electron chi connectivity index (χ1n) is 9.73. The number of ketones is 1. The summed E-state index contributed by atoms with van der Waals surface area (Å²) >= 11 is 0. The highest BCUT2D eigenvalue weighted by Gasteiger charge is 2.19. The normalized spacial score (nSPS) is 13.4. The van der Waals surface area contributed by atoms with Gasteiger partial charge in [0.1, 0.15) is 0 Å². The highest BCUT2D eigenvalue weighted by Crippen LogP contribution is 2.17. The van der Waals surface area contributed by atoms with E-state index in [9.17, 15) is 14.4 Å². The van der Waals surface area contributed by atoms with Gasteiger partial charge in [-0.05, 0) is 62.1 Å². The third-order valence-electron chi connectivity index (χ3n) is 5.19. The molecule has 0 aliphatic carbocycles. The average molecular weight is 378 g/mol. The van der Waals surface area contributed by atoms with Crippen LogP contribution in [0.5, 0.6) is 0 Å². The van der Waals surface area contributed by atoms with E-state index >= 15 is 0 Å². The highest BCUT2D eigenvalue weighted by molar-refractivity contribution is 6.01. The number of nitrogens with one attached hydrogen (secondary N) is 1.